The fourth-order valence-corrected chi connectivity index (χ4v) is 2.40. The third kappa shape index (κ3) is 4.21. The van der Waals surface area contributed by atoms with Gasteiger partial charge in [-0.15, -0.1) is 5.10 Å². The van der Waals surface area contributed by atoms with Crippen LogP contribution in [0.3, 0.4) is 0 Å². The summed E-state index contributed by atoms with van der Waals surface area (Å²) in [5.74, 6) is 0.449. The second kappa shape index (κ2) is 7.01. The average molecular weight is 353 g/mol. The van der Waals surface area contributed by atoms with E-state index in [0.29, 0.717) is 11.2 Å². The minimum absolute atomic E-state index is 0.0907. The minimum Gasteiger partial charge on any atom is -0.370 e. The maximum absolute atomic E-state index is 12.1. The average Bonchev–Trinajstić information content (AvgIpc) is 3.01. The smallest absolute Gasteiger partial charge is 0.370 e. The predicted octanol–water partition coefficient (Wildman–Crippen LogP) is 1.62. The van der Waals surface area contributed by atoms with Gasteiger partial charge in [0.25, 0.3) is 0 Å². The van der Waals surface area contributed by atoms with Crippen molar-refractivity contribution < 1.29 is 17.9 Å². The van der Waals surface area contributed by atoms with Crippen LogP contribution in [0.2, 0.25) is 0 Å². The molecule has 0 atom stereocenters. The number of nitrogens with zero attached hydrogens (tertiary/aromatic N) is 5. The Balaban J connectivity index is 1.74. The molecule has 2 heterocycles. The number of aromatic nitrogens is 5. The Morgan fingerprint density at radius 3 is 2.76 bits per heavy atom. The first-order valence-electron chi connectivity index (χ1n) is 7.42. The molecule has 7 nitrogen and oxygen atoms in total. The first-order chi connectivity index (χ1) is 11.9. The highest BCUT2D eigenvalue weighted by Crippen LogP contribution is 2.14. The van der Waals surface area contributed by atoms with Gasteiger partial charge in [-0.3, -0.25) is 4.79 Å². The molecule has 0 aliphatic carbocycles. The summed E-state index contributed by atoms with van der Waals surface area (Å²) in [6.45, 7) is -1.11. The molecule has 3 aromatic rings. The molecule has 0 radical (unpaired) electrons. The number of benzene rings is 1. The largest absolute Gasteiger partial charge is 0.411 e. The number of ether oxygens (including phenoxy) is 1. The second-order valence-corrected chi connectivity index (χ2v) is 5.31. The van der Waals surface area contributed by atoms with Crippen LogP contribution in [0.25, 0.3) is 10.9 Å². The summed E-state index contributed by atoms with van der Waals surface area (Å²) in [4.78, 5) is 11.9. The van der Waals surface area contributed by atoms with Crippen molar-refractivity contribution in [1.82, 2.24) is 24.8 Å². The van der Waals surface area contributed by atoms with E-state index < -0.39 is 12.8 Å². The van der Waals surface area contributed by atoms with Gasteiger partial charge in [-0.1, -0.05) is 12.1 Å². The fourth-order valence-electron chi connectivity index (χ4n) is 2.40. The number of para-hydroxylation sites is 1. The highest BCUT2D eigenvalue weighted by molar-refractivity contribution is 5.78. The molecule has 0 saturated carbocycles. The molecule has 0 aliphatic rings. The molecule has 0 saturated heterocycles. The molecule has 0 aliphatic heterocycles. The van der Waals surface area contributed by atoms with E-state index in [1.54, 1.807) is 29.0 Å². The Labute approximate surface area is 139 Å². The van der Waals surface area contributed by atoms with Crippen molar-refractivity contribution in [2.24, 2.45) is 0 Å². The predicted molar refractivity (Wildman–Crippen MR) is 82.0 cm³/mol. The lowest BCUT2D eigenvalue weighted by Crippen LogP contribution is -2.20. The van der Waals surface area contributed by atoms with Crippen molar-refractivity contribution in [2.75, 3.05) is 13.2 Å². The minimum atomic E-state index is -4.36. The summed E-state index contributed by atoms with van der Waals surface area (Å²) in [5, 5.41) is 11.8. The van der Waals surface area contributed by atoms with Crippen LogP contribution in [-0.2, 0) is 17.8 Å². The van der Waals surface area contributed by atoms with Crippen LogP contribution < -0.4 is 5.43 Å². The summed E-state index contributed by atoms with van der Waals surface area (Å²) in [7, 11) is 0. The number of hydrogen-bond donors (Lipinski definition) is 0. The quantitative estimate of drug-likeness (QED) is 0.630. The molecular weight excluding hydrogens is 339 g/mol. The molecule has 3 rings (SSSR count). The number of pyridine rings is 1. The Morgan fingerprint density at radius 2 is 1.96 bits per heavy atom. The highest BCUT2D eigenvalue weighted by atomic mass is 19.4. The summed E-state index contributed by atoms with van der Waals surface area (Å²) in [6, 6.07) is 8.56. The van der Waals surface area contributed by atoms with Crippen LogP contribution in [-0.4, -0.2) is 44.2 Å². The molecule has 0 bridgehead atoms. The molecular formula is C15H14F3N5O2. The van der Waals surface area contributed by atoms with Gasteiger partial charge in [0.2, 0.25) is 0 Å². The van der Waals surface area contributed by atoms with E-state index in [9.17, 15) is 18.0 Å². The number of tetrazole rings is 1. The van der Waals surface area contributed by atoms with Gasteiger partial charge in [0.05, 0.1) is 25.2 Å². The van der Waals surface area contributed by atoms with Crippen molar-refractivity contribution in [3.63, 3.8) is 0 Å². The van der Waals surface area contributed by atoms with Crippen LogP contribution in [0.1, 0.15) is 5.82 Å². The van der Waals surface area contributed by atoms with Gasteiger partial charge < -0.3 is 9.30 Å². The molecule has 2 aromatic heterocycles. The monoisotopic (exact) mass is 353 g/mol. The van der Waals surface area contributed by atoms with Crippen molar-refractivity contribution in [1.29, 1.82) is 0 Å². The van der Waals surface area contributed by atoms with Gasteiger partial charge in [0.15, 0.2) is 11.3 Å². The number of halogens is 3. The van der Waals surface area contributed by atoms with Crippen molar-refractivity contribution in [3.8, 4) is 0 Å². The van der Waals surface area contributed by atoms with E-state index in [-0.39, 0.29) is 25.1 Å². The van der Waals surface area contributed by atoms with Crippen LogP contribution in [0.4, 0.5) is 13.2 Å². The number of hydrogen-bond acceptors (Lipinski definition) is 5. The van der Waals surface area contributed by atoms with Crippen LogP contribution in [0, 0.1) is 0 Å². The van der Waals surface area contributed by atoms with Crippen LogP contribution in [0.5, 0.6) is 0 Å². The van der Waals surface area contributed by atoms with Crippen LogP contribution >= 0.6 is 0 Å². The second-order valence-electron chi connectivity index (χ2n) is 5.31. The van der Waals surface area contributed by atoms with E-state index in [1.165, 1.54) is 10.7 Å². The molecule has 0 spiro atoms. The lowest BCUT2D eigenvalue weighted by molar-refractivity contribution is -0.174. The standard InChI is InChI=1S/C15H14F3N5O2/c16-15(17,18)10-25-8-7-23-14(19-20-21-23)9-22-6-5-13(24)11-3-1-2-4-12(11)22/h1-6H,7-10H2. The lowest BCUT2D eigenvalue weighted by Gasteiger charge is -2.11. The summed E-state index contributed by atoms with van der Waals surface area (Å²) in [5.41, 5.74) is 0.630. The summed E-state index contributed by atoms with van der Waals surface area (Å²) >= 11 is 0. The molecule has 25 heavy (non-hydrogen) atoms. The van der Waals surface area contributed by atoms with E-state index in [2.05, 4.69) is 20.3 Å². The molecule has 0 N–H and O–H groups in total. The molecule has 10 heteroatoms. The van der Waals surface area contributed by atoms with Gasteiger partial charge in [-0.25, -0.2) is 4.68 Å². The maximum atomic E-state index is 12.1. The Morgan fingerprint density at radius 1 is 1.16 bits per heavy atom. The molecule has 0 unspecified atom stereocenters. The first kappa shape index (κ1) is 17.1. The van der Waals surface area contributed by atoms with Crippen molar-refractivity contribution in [3.05, 3.63) is 52.6 Å². The molecule has 0 amide bonds. The number of alkyl halides is 3. The maximum Gasteiger partial charge on any atom is 0.411 e. The van der Waals surface area contributed by atoms with Gasteiger partial charge in [-0.05, 0) is 22.6 Å². The highest BCUT2D eigenvalue weighted by Gasteiger charge is 2.27. The Hall–Kier alpha value is -2.75. The van der Waals surface area contributed by atoms with E-state index in [4.69, 9.17) is 0 Å². The van der Waals surface area contributed by atoms with Gasteiger partial charge >= 0.3 is 6.18 Å². The SMILES string of the molecule is O=c1ccn(Cc2nnnn2CCOCC(F)(F)F)c2ccccc12. The third-order valence-corrected chi connectivity index (χ3v) is 3.52. The van der Waals surface area contributed by atoms with Crippen LogP contribution in [0.15, 0.2) is 41.3 Å². The van der Waals surface area contributed by atoms with E-state index in [1.807, 2.05) is 6.07 Å². The molecule has 1 aromatic carbocycles. The van der Waals surface area contributed by atoms with Gasteiger partial charge in [0, 0.05) is 17.6 Å². The Bertz CT molecular complexity index is 919. The fraction of sp³-hybridized carbons (Fsp3) is 0.333. The van der Waals surface area contributed by atoms with E-state index >= 15 is 0 Å². The third-order valence-electron chi connectivity index (χ3n) is 3.52. The van der Waals surface area contributed by atoms with Crippen molar-refractivity contribution in [2.45, 2.75) is 19.3 Å². The van der Waals surface area contributed by atoms with Gasteiger partial charge in [0.1, 0.15) is 6.61 Å². The van der Waals surface area contributed by atoms with E-state index in [0.717, 1.165) is 5.52 Å². The topological polar surface area (TPSA) is 74.8 Å². The van der Waals surface area contributed by atoms with Gasteiger partial charge in [-0.2, -0.15) is 13.2 Å². The first-order valence-corrected chi connectivity index (χ1v) is 7.42. The summed E-state index contributed by atoms with van der Waals surface area (Å²) in [6.07, 6.45) is -2.73. The zero-order valence-electron chi connectivity index (χ0n) is 13.0. The lowest BCUT2D eigenvalue weighted by atomic mass is 10.2. The summed E-state index contributed by atoms with van der Waals surface area (Å²) < 4.78 is 44.0. The molecule has 132 valence electrons. The normalized spacial score (nSPS) is 12.0. The van der Waals surface area contributed by atoms with Crippen molar-refractivity contribution >= 4 is 10.9 Å². The Kier molecular flexibility index (Phi) is 4.79. The molecule has 0 fully saturated rings. The number of rotatable bonds is 6. The zero-order valence-corrected chi connectivity index (χ0v) is 13.0. The number of fused-ring (bicyclic) bond motifs is 1. The zero-order chi connectivity index (χ0) is 17.9.